The van der Waals surface area contributed by atoms with Crippen LogP contribution in [0, 0.1) is 29.2 Å². The molecular weight excluding hydrogens is 1260 g/mol. The van der Waals surface area contributed by atoms with Crippen LogP contribution < -0.4 is 25.6 Å². The zero-order valence-electron chi connectivity index (χ0n) is 53.6. The molecule has 3 atom stereocenters. The second-order valence-electron chi connectivity index (χ2n) is 26.5. The van der Waals surface area contributed by atoms with Crippen molar-refractivity contribution in [3.8, 4) is 28.1 Å². The van der Waals surface area contributed by atoms with Crippen molar-refractivity contribution < 1.29 is 70.6 Å². The fourth-order valence-corrected chi connectivity index (χ4v) is 17.0. The lowest BCUT2D eigenvalue weighted by Crippen LogP contribution is -2.64. The first kappa shape index (κ1) is 67.8. The zero-order valence-corrected chi connectivity index (χ0v) is 55.3. The minimum Gasteiger partial charge on any atom is -0.491 e. The molecule has 95 heavy (non-hydrogen) atoms. The molecule has 4 bridgehead atoms. The maximum atomic E-state index is 13.8. The van der Waals surface area contributed by atoms with Gasteiger partial charge < -0.3 is 39.6 Å². The quantitative estimate of drug-likeness (QED) is 0.0166. The number of para-hydroxylation sites is 1. The van der Waals surface area contributed by atoms with Gasteiger partial charge in [0.05, 0.1) is 47.5 Å². The Bertz CT molecular complexity index is 4010. The number of fused-ring (bicyclic) bond motifs is 2. The monoisotopic (exact) mass is 1340 g/mol. The van der Waals surface area contributed by atoms with Crippen LogP contribution >= 0.6 is 11.3 Å². The molecule has 4 aliphatic carbocycles. The largest absolute Gasteiger partial charge is 0.491 e. The number of carboxylic acids is 1. The lowest BCUT2D eigenvalue weighted by atomic mass is 9.39. The summed E-state index contributed by atoms with van der Waals surface area (Å²) in [5.41, 5.74) is 5.60. The van der Waals surface area contributed by atoms with E-state index in [9.17, 15) is 51.6 Å². The van der Waals surface area contributed by atoms with Gasteiger partial charge in [-0.1, -0.05) is 68.0 Å². The molecule has 4 saturated carbocycles. The summed E-state index contributed by atoms with van der Waals surface area (Å²) in [4.78, 5) is 103. The van der Waals surface area contributed by atoms with E-state index in [2.05, 4.69) is 40.8 Å². The number of rotatable bonds is 29. The highest BCUT2D eigenvalue weighted by Crippen LogP contribution is 2.72. The molecule has 2 unspecified atom stereocenters. The van der Waals surface area contributed by atoms with Crippen LogP contribution in [0.3, 0.4) is 0 Å². The van der Waals surface area contributed by atoms with Gasteiger partial charge >= 0.3 is 18.1 Å². The number of pyridine rings is 1. The number of thiazole rings is 1. The average molecular weight is 1340 g/mol. The number of anilines is 2. The van der Waals surface area contributed by atoms with Crippen LogP contribution in [-0.4, -0.2) is 166 Å². The molecule has 12 rings (SSSR count). The van der Waals surface area contributed by atoms with E-state index in [1.165, 1.54) is 28.4 Å². The van der Waals surface area contributed by atoms with Crippen LogP contribution in [-0.2, 0) is 63.1 Å². The first-order valence-electron chi connectivity index (χ1n) is 32.0. The summed E-state index contributed by atoms with van der Waals surface area (Å²) in [7, 11) is -2.98. The van der Waals surface area contributed by atoms with Crippen molar-refractivity contribution >= 4 is 84.2 Å². The number of hydrogen-bond donors (Lipinski definition) is 5. The minimum atomic E-state index is -4.65. The summed E-state index contributed by atoms with van der Waals surface area (Å²) in [5, 5.41) is 24.0. The topological polar surface area (TPSA) is 320 Å². The highest BCUT2D eigenvalue weighted by atomic mass is 32.2. The predicted molar refractivity (Wildman–Crippen MR) is 352 cm³/mol. The molecule has 6 aliphatic rings. The van der Waals surface area contributed by atoms with Crippen LogP contribution in [0.2, 0.25) is 0 Å². The van der Waals surface area contributed by atoms with Crippen molar-refractivity contribution in [2.75, 3.05) is 75.6 Å². The summed E-state index contributed by atoms with van der Waals surface area (Å²) in [6, 6.07) is 23.3. The molecule has 5 N–H and O–H groups in total. The number of hydrogen-bond acceptors (Lipinski definition) is 17. The van der Waals surface area contributed by atoms with Crippen molar-refractivity contribution in [1.29, 1.82) is 0 Å². The van der Waals surface area contributed by atoms with Crippen LogP contribution in [0.5, 0.6) is 5.75 Å². The molecule has 6 aromatic rings. The minimum absolute atomic E-state index is 0.000863. The molecule has 0 spiro atoms. The summed E-state index contributed by atoms with van der Waals surface area (Å²) in [5.74, 6) is -4.06. The van der Waals surface area contributed by atoms with Gasteiger partial charge in [-0.3, -0.25) is 43.5 Å². The molecule has 2 aliphatic heterocycles. The van der Waals surface area contributed by atoms with E-state index in [-0.39, 0.29) is 80.5 Å². The van der Waals surface area contributed by atoms with E-state index in [4.69, 9.17) is 29.0 Å². The molecule has 7 amide bonds. The first-order chi connectivity index (χ1) is 45.4. The Morgan fingerprint density at radius 2 is 1.66 bits per heavy atom. The summed E-state index contributed by atoms with van der Waals surface area (Å²) in [6.07, 6.45) is 12.0. The van der Waals surface area contributed by atoms with E-state index in [0.717, 1.165) is 83.4 Å². The molecule has 27 heteroatoms. The Labute approximate surface area is 554 Å². The van der Waals surface area contributed by atoms with Gasteiger partial charge in [0.1, 0.15) is 30.8 Å². The number of carboxylic acid groups (broad SMARTS) is 1. The Morgan fingerprint density at radius 3 is 2.42 bits per heavy atom. The number of aromatic carboxylic acids is 1. The number of aryl methyl sites for hydroxylation is 1. The molecular formula is C68H79N10O15S2. The highest BCUT2D eigenvalue weighted by molar-refractivity contribution is 7.85. The van der Waals surface area contributed by atoms with E-state index in [0.29, 0.717) is 77.8 Å². The maximum Gasteiger partial charge on any atom is 0.409 e. The molecule has 503 valence electrons. The SMILES string of the molecule is Cc1c(-c2ccc(-c3ccc4c(c3)N(C(=O)Nc3nc5ccccc5s3)CCC4)nc2C(=O)O)cnn1CC12CC3(C)CC(C)(C1)CC(OCCN(C)C(=O)OCc1cc[c]cc1OCCOCCNC(=O)[C@H](CS(=O)(=O)O)NC(=O)CCCCCN1C(=O)C=CC1=O)(C3)C2. The lowest BCUT2D eigenvalue weighted by molar-refractivity contribution is -0.248. The number of nitrogens with zero attached hydrogens (tertiary/aromatic N) is 7. The third-order valence-corrected chi connectivity index (χ3v) is 20.2. The Morgan fingerprint density at radius 1 is 0.884 bits per heavy atom. The van der Waals surface area contributed by atoms with Crippen molar-refractivity contribution in [3.63, 3.8) is 0 Å². The Kier molecular flexibility index (Phi) is 20.2. The average Bonchev–Trinajstić information content (AvgIpc) is 1.18. The number of likely N-dealkylation sites (N-methyl/N-ethyl adjacent to an activating group) is 1. The number of ether oxygens (including phenoxy) is 4. The number of nitrogens with one attached hydrogen (secondary N) is 3. The third-order valence-electron chi connectivity index (χ3n) is 18.5. The number of aromatic nitrogens is 4. The van der Waals surface area contributed by atoms with Gasteiger partial charge in [-0.05, 0) is 135 Å². The summed E-state index contributed by atoms with van der Waals surface area (Å²) in [6.45, 7) is 8.61. The van der Waals surface area contributed by atoms with Crippen molar-refractivity contribution in [1.82, 2.24) is 40.2 Å². The number of benzene rings is 3. The van der Waals surface area contributed by atoms with Crippen LogP contribution in [0.1, 0.15) is 112 Å². The van der Waals surface area contributed by atoms with Gasteiger partial charge in [0, 0.05) is 92.0 Å². The maximum absolute atomic E-state index is 13.8. The van der Waals surface area contributed by atoms with E-state index in [1.54, 1.807) is 42.4 Å². The zero-order chi connectivity index (χ0) is 67.3. The lowest BCUT2D eigenvalue weighted by Gasteiger charge is -2.69. The first-order valence-corrected chi connectivity index (χ1v) is 34.4. The number of amides is 7. The van der Waals surface area contributed by atoms with Gasteiger partial charge in [-0.25, -0.2) is 24.4 Å². The third kappa shape index (κ3) is 16.2. The highest BCUT2D eigenvalue weighted by Gasteiger charge is 2.66. The van der Waals surface area contributed by atoms with Crippen molar-refractivity contribution in [2.45, 2.75) is 123 Å². The number of unbranched alkanes of at least 4 members (excludes halogenated alkanes) is 2. The van der Waals surface area contributed by atoms with Gasteiger partial charge in [0.2, 0.25) is 11.8 Å². The van der Waals surface area contributed by atoms with Gasteiger partial charge in [0.25, 0.3) is 21.9 Å². The number of carbonyl (C=O) groups excluding carboxylic acids is 6. The molecule has 4 fully saturated rings. The fraction of sp³-hybridized carbons (Fsp3) is 0.471. The summed E-state index contributed by atoms with van der Waals surface area (Å²) < 4.78 is 60.1. The standard InChI is InChI=1S/C68H79N10O15S2/c1-44-49(48-21-22-50(72-59(48)61(83)84)46-20-19-45-14-12-27-76(53(45)33-46)63(85)74-62-73-51-15-8-10-17-55(51)94-62)34-70-78(44)43-67-38-65(2)37-66(3,39-67)41-68(40-65,42-67)93-30-28-75(4)64(86)92-35-47-13-7-9-16-54(47)91-32-31-90-29-25-69-60(82)52(36-95(87,88)89)71-56(79)18-6-5-11-26-77-57(80)23-24-58(77)81/h7-8,10,13,15-17,19-24,33-34,52H,5-6,11-12,14,18,25-32,35-43H2,1-4H3,(H,69,82)(H,71,79)(H,83,84)(H,73,74,85)(H,87,88,89)/t52-,65?,66?,67?,68?/m0/s1. The molecule has 3 aromatic heterocycles. The second-order valence-corrected chi connectivity index (χ2v) is 29.1. The number of urea groups is 1. The van der Waals surface area contributed by atoms with E-state index < -0.39 is 63.2 Å². The van der Waals surface area contributed by atoms with Gasteiger partial charge in [0.15, 0.2) is 10.8 Å². The molecule has 25 nitrogen and oxygen atoms in total. The second kappa shape index (κ2) is 28.4. The number of carbonyl (C=O) groups is 7. The van der Waals surface area contributed by atoms with Crippen molar-refractivity contribution in [2.24, 2.45) is 16.2 Å². The Hall–Kier alpha value is -8.63. The summed E-state index contributed by atoms with van der Waals surface area (Å²) >= 11 is 1.41. The molecule has 3 aromatic carbocycles. The normalized spacial score (nSPS) is 21.4. The molecule has 5 heterocycles. The van der Waals surface area contributed by atoms with Crippen LogP contribution in [0.4, 0.5) is 20.4 Å². The smallest absolute Gasteiger partial charge is 0.409 e. The van der Waals surface area contributed by atoms with E-state index in [1.807, 2.05) is 60.1 Å². The van der Waals surface area contributed by atoms with Crippen molar-refractivity contribution in [3.05, 3.63) is 120 Å². The van der Waals surface area contributed by atoms with Gasteiger partial charge in [-0.2, -0.15) is 13.5 Å². The van der Waals surface area contributed by atoms with Crippen LogP contribution in [0.15, 0.2) is 91.1 Å². The van der Waals surface area contributed by atoms with E-state index >= 15 is 0 Å². The Balaban J connectivity index is 0.638. The van der Waals surface area contributed by atoms with Gasteiger partial charge in [-0.15, -0.1) is 0 Å². The van der Waals surface area contributed by atoms with Crippen LogP contribution in [0.25, 0.3) is 32.6 Å². The molecule has 0 saturated heterocycles. The predicted octanol–water partition coefficient (Wildman–Crippen LogP) is 8.79. The molecule has 1 radical (unpaired) electrons. The number of imide groups is 1. The fourth-order valence-electron chi connectivity index (χ4n) is 15.5.